The molecule has 0 aliphatic heterocycles. The molecule has 17 heavy (non-hydrogen) atoms. The van der Waals surface area contributed by atoms with Crippen LogP contribution in [0.1, 0.15) is 33.6 Å². The van der Waals surface area contributed by atoms with Crippen molar-refractivity contribution in [2.24, 2.45) is 11.7 Å². The molecular formula is C12H27N3O2. The molecule has 5 N–H and O–H groups in total. The van der Waals surface area contributed by atoms with E-state index in [0.717, 1.165) is 6.42 Å². The quantitative estimate of drug-likeness (QED) is 0.454. The molecule has 0 aliphatic carbocycles. The van der Waals surface area contributed by atoms with E-state index in [4.69, 9.17) is 10.8 Å². The third kappa shape index (κ3) is 7.31. The van der Waals surface area contributed by atoms with E-state index in [0.29, 0.717) is 19.5 Å². The first-order valence-corrected chi connectivity index (χ1v) is 6.38. The minimum Gasteiger partial charge on any atom is -0.396 e. The number of aliphatic hydroxyl groups excluding tert-OH is 1. The van der Waals surface area contributed by atoms with E-state index in [2.05, 4.69) is 10.6 Å². The van der Waals surface area contributed by atoms with Gasteiger partial charge >= 0.3 is 0 Å². The van der Waals surface area contributed by atoms with E-state index in [1.807, 2.05) is 20.8 Å². The van der Waals surface area contributed by atoms with E-state index < -0.39 is 0 Å². The molecule has 0 bridgehead atoms. The van der Waals surface area contributed by atoms with E-state index in [1.165, 1.54) is 0 Å². The van der Waals surface area contributed by atoms with Gasteiger partial charge in [0.1, 0.15) is 0 Å². The van der Waals surface area contributed by atoms with Gasteiger partial charge in [0, 0.05) is 38.2 Å². The van der Waals surface area contributed by atoms with Gasteiger partial charge in [-0.2, -0.15) is 0 Å². The highest BCUT2D eigenvalue weighted by Crippen LogP contribution is 2.03. The topological polar surface area (TPSA) is 87.4 Å². The fourth-order valence-electron chi connectivity index (χ4n) is 1.46. The van der Waals surface area contributed by atoms with Crippen molar-refractivity contribution >= 4 is 5.91 Å². The molecule has 0 saturated carbocycles. The second-order valence-electron chi connectivity index (χ2n) is 4.60. The Hall–Kier alpha value is -0.650. The Balaban J connectivity index is 4.02. The second-order valence-corrected chi connectivity index (χ2v) is 4.60. The minimum atomic E-state index is -0.0316. The smallest absolute Gasteiger partial charge is 0.221 e. The number of amides is 1. The maximum Gasteiger partial charge on any atom is 0.221 e. The fourth-order valence-corrected chi connectivity index (χ4v) is 1.46. The van der Waals surface area contributed by atoms with Gasteiger partial charge in [-0.1, -0.05) is 13.8 Å². The summed E-state index contributed by atoms with van der Waals surface area (Å²) in [5.41, 5.74) is 5.63. The Morgan fingerprint density at radius 3 is 2.53 bits per heavy atom. The molecule has 5 heteroatoms. The minimum absolute atomic E-state index is 0.0265. The fraction of sp³-hybridized carbons (Fsp3) is 0.917. The molecule has 0 saturated heterocycles. The predicted octanol–water partition coefficient (Wildman–Crippen LogP) is -0.163. The number of aliphatic hydroxyl groups is 1. The van der Waals surface area contributed by atoms with Crippen molar-refractivity contribution in [1.82, 2.24) is 10.6 Å². The van der Waals surface area contributed by atoms with Crippen LogP contribution in [0.5, 0.6) is 0 Å². The molecule has 0 spiro atoms. The Bertz CT molecular complexity index is 212. The highest BCUT2D eigenvalue weighted by Gasteiger charge is 2.17. The Morgan fingerprint density at radius 2 is 2.06 bits per heavy atom. The van der Waals surface area contributed by atoms with Gasteiger partial charge in [0.2, 0.25) is 5.91 Å². The van der Waals surface area contributed by atoms with Crippen molar-refractivity contribution < 1.29 is 9.90 Å². The molecule has 1 amide bonds. The summed E-state index contributed by atoms with van der Waals surface area (Å²) in [5, 5.41) is 15.1. The number of rotatable bonds is 9. The number of nitrogens with one attached hydrogen (secondary N) is 2. The molecule has 0 fully saturated rings. The predicted molar refractivity (Wildman–Crippen MR) is 69.6 cm³/mol. The molecule has 0 radical (unpaired) electrons. The summed E-state index contributed by atoms with van der Waals surface area (Å²) in [7, 11) is 0. The SMILES string of the molecule is CCCNC(=O)CC(CN)NC(C)C(C)CO. The van der Waals surface area contributed by atoms with Crippen LogP contribution in [-0.4, -0.2) is 42.8 Å². The molecule has 0 aromatic rings. The van der Waals surface area contributed by atoms with Gasteiger partial charge < -0.3 is 21.5 Å². The summed E-state index contributed by atoms with van der Waals surface area (Å²) >= 11 is 0. The average Bonchev–Trinajstić information content (AvgIpc) is 2.34. The largest absolute Gasteiger partial charge is 0.396 e. The van der Waals surface area contributed by atoms with E-state index in [1.54, 1.807) is 0 Å². The maximum absolute atomic E-state index is 11.5. The van der Waals surface area contributed by atoms with Gasteiger partial charge in [-0.15, -0.1) is 0 Å². The van der Waals surface area contributed by atoms with E-state index in [-0.39, 0.29) is 30.5 Å². The molecule has 0 rings (SSSR count). The van der Waals surface area contributed by atoms with Crippen molar-refractivity contribution in [2.45, 2.75) is 45.7 Å². The lowest BCUT2D eigenvalue weighted by molar-refractivity contribution is -0.121. The molecule has 0 aliphatic rings. The summed E-state index contributed by atoms with van der Waals surface area (Å²) in [4.78, 5) is 11.5. The zero-order valence-corrected chi connectivity index (χ0v) is 11.2. The normalized spacial score (nSPS) is 16.3. The highest BCUT2D eigenvalue weighted by atomic mass is 16.3. The van der Waals surface area contributed by atoms with Crippen LogP contribution in [0, 0.1) is 5.92 Å². The lowest BCUT2D eigenvalue weighted by Gasteiger charge is -2.25. The number of nitrogens with two attached hydrogens (primary N) is 1. The summed E-state index contributed by atoms with van der Waals surface area (Å²) in [5.74, 6) is 0.182. The van der Waals surface area contributed by atoms with Gasteiger partial charge in [0.15, 0.2) is 0 Å². The molecule has 3 unspecified atom stereocenters. The zero-order valence-electron chi connectivity index (χ0n) is 11.2. The molecule has 0 heterocycles. The number of carbonyl (C=O) groups excluding carboxylic acids is 1. The first-order chi connectivity index (χ1) is 8.04. The van der Waals surface area contributed by atoms with Gasteiger partial charge in [0.05, 0.1) is 0 Å². The Labute approximate surface area is 104 Å². The third-order valence-corrected chi connectivity index (χ3v) is 2.93. The van der Waals surface area contributed by atoms with Crippen LogP contribution in [0.2, 0.25) is 0 Å². The molecular weight excluding hydrogens is 218 g/mol. The van der Waals surface area contributed by atoms with Gasteiger partial charge in [0.25, 0.3) is 0 Å². The number of carbonyl (C=O) groups is 1. The molecule has 0 aromatic carbocycles. The van der Waals surface area contributed by atoms with Crippen molar-refractivity contribution in [1.29, 1.82) is 0 Å². The summed E-state index contributed by atoms with van der Waals surface area (Å²) in [6.07, 6.45) is 1.32. The standard InChI is InChI=1S/C12H27N3O2/c1-4-5-14-12(17)6-11(7-13)15-10(3)9(2)8-16/h9-11,15-16H,4-8,13H2,1-3H3,(H,14,17). The van der Waals surface area contributed by atoms with Gasteiger partial charge in [-0.05, 0) is 19.3 Å². The zero-order chi connectivity index (χ0) is 13.3. The molecule has 102 valence electrons. The van der Waals surface area contributed by atoms with Crippen LogP contribution in [0.4, 0.5) is 0 Å². The van der Waals surface area contributed by atoms with Crippen LogP contribution < -0.4 is 16.4 Å². The molecule has 5 nitrogen and oxygen atoms in total. The van der Waals surface area contributed by atoms with Crippen molar-refractivity contribution in [3.05, 3.63) is 0 Å². The third-order valence-electron chi connectivity index (χ3n) is 2.93. The van der Waals surface area contributed by atoms with Crippen molar-refractivity contribution in [2.75, 3.05) is 19.7 Å². The highest BCUT2D eigenvalue weighted by molar-refractivity contribution is 5.76. The van der Waals surface area contributed by atoms with Crippen LogP contribution in [-0.2, 0) is 4.79 Å². The second kappa shape index (κ2) is 9.39. The van der Waals surface area contributed by atoms with Crippen LogP contribution >= 0.6 is 0 Å². The van der Waals surface area contributed by atoms with E-state index >= 15 is 0 Å². The van der Waals surface area contributed by atoms with E-state index in [9.17, 15) is 4.79 Å². The summed E-state index contributed by atoms with van der Waals surface area (Å²) in [6, 6.07) is 0.114. The maximum atomic E-state index is 11.5. The summed E-state index contributed by atoms with van der Waals surface area (Å²) < 4.78 is 0. The lowest BCUT2D eigenvalue weighted by atomic mass is 10.0. The average molecular weight is 245 g/mol. The van der Waals surface area contributed by atoms with Crippen LogP contribution in [0.15, 0.2) is 0 Å². The van der Waals surface area contributed by atoms with Gasteiger partial charge in [-0.3, -0.25) is 4.79 Å². The van der Waals surface area contributed by atoms with Crippen LogP contribution in [0.3, 0.4) is 0 Å². The Morgan fingerprint density at radius 1 is 1.41 bits per heavy atom. The lowest BCUT2D eigenvalue weighted by Crippen LogP contribution is -2.47. The number of hydrogen-bond acceptors (Lipinski definition) is 4. The molecule has 3 atom stereocenters. The monoisotopic (exact) mass is 245 g/mol. The van der Waals surface area contributed by atoms with Crippen molar-refractivity contribution in [3.8, 4) is 0 Å². The molecule has 0 aromatic heterocycles. The summed E-state index contributed by atoms with van der Waals surface area (Å²) in [6.45, 7) is 7.23. The first kappa shape index (κ1) is 16.4. The number of hydrogen-bond donors (Lipinski definition) is 4. The van der Waals surface area contributed by atoms with Crippen LogP contribution in [0.25, 0.3) is 0 Å². The Kier molecular flexibility index (Phi) is 9.03. The van der Waals surface area contributed by atoms with Gasteiger partial charge in [-0.25, -0.2) is 0 Å². The first-order valence-electron chi connectivity index (χ1n) is 6.38. The van der Waals surface area contributed by atoms with Crippen molar-refractivity contribution in [3.63, 3.8) is 0 Å².